The molecule has 30 heavy (non-hydrogen) atoms. The lowest BCUT2D eigenvalue weighted by atomic mass is 10.1. The standard InChI is InChI=1S/C24H27N3O3/c1-4-9-18-14-21(20-10-7-8-11-22(20)26-18)24(28)27-25-16-17-12-13-19(29-5-2)15-23(17)30-6-3/h7-8,10-16H,4-6,9H2,1-3H3,(H,27,28)/b25-16-. The molecule has 0 atom stereocenters. The maximum Gasteiger partial charge on any atom is 0.272 e. The summed E-state index contributed by atoms with van der Waals surface area (Å²) in [5.74, 6) is 1.11. The number of aryl methyl sites for hydroxylation is 1. The van der Waals surface area contributed by atoms with Crippen LogP contribution in [0.1, 0.15) is 48.8 Å². The number of carbonyl (C=O) groups is 1. The molecule has 1 heterocycles. The Labute approximate surface area is 176 Å². The van der Waals surface area contributed by atoms with E-state index >= 15 is 0 Å². The van der Waals surface area contributed by atoms with Gasteiger partial charge in [-0.3, -0.25) is 9.78 Å². The number of ether oxygens (including phenoxy) is 2. The summed E-state index contributed by atoms with van der Waals surface area (Å²) in [5, 5.41) is 4.96. The van der Waals surface area contributed by atoms with E-state index in [-0.39, 0.29) is 5.91 Å². The second kappa shape index (κ2) is 10.4. The van der Waals surface area contributed by atoms with Crippen LogP contribution in [0.15, 0.2) is 53.6 Å². The van der Waals surface area contributed by atoms with Gasteiger partial charge in [0.1, 0.15) is 11.5 Å². The molecule has 156 valence electrons. The molecule has 0 saturated heterocycles. The molecule has 0 spiro atoms. The van der Waals surface area contributed by atoms with Crippen LogP contribution in [0.2, 0.25) is 0 Å². The number of para-hydroxylation sites is 1. The lowest BCUT2D eigenvalue weighted by molar-refractivity contribution is 0.0956. The van der Waals surface area contributed by atoms with Crippen LogP contribution in [-0.2, 0) is 6.42 Å². The molecule has 3 aromatic rings. The number of pyridine rings is 1. The molecule has 0 aliphatic carbocycles. The van der Waals surface area contributed by atoms with Crippen LogP contribution in [-0.4, -0.2) is 30.3 Å². The van der Waals surface area contributed by atoms with Crippen molar-refractivity contribution in [1.82, 2.24) is 10.4 Å². The molecule has 0 aliphatic rings. The van der Waals surface area contributed by atoms with Crippen molar-refractivity contribution in [3.05, 3.63) is 65.4 Å². The summed E-state index contributed by atoms with van der Waals surface area (Å²) in [6.07, 6.45) is 3.36. The van der Waals surface area contributed by atoms with Crippen LogP contribution in [0.5, 0.6) is 11.5 Å². The van der Waals surface area contributed by atoms with Crippen LogP contribution in [0, 0.1) is 0 Å². The molecular weight excluding hydrogens is 378 g/mol. The smallest absolute Gasteiger partial charge is 0.272 e. The molecule has 0 radical (unpaired) electrons. The largest absolute Gasteiger partial charge is 0.494 e. The van der Waals surface area contributed by atoms with E-state index < -0.39 is 0 Å². The molecule has 3 rings (SSSR count). The number of hydrogen-bond acceptors (Lipinski definition) is 5. The Kier molecular flexibility index (Phi) is 7.38. The second-order valence-corrected chi connectivity index (χ2v) is 6.69. The van der Waals surface area contributed by atoms with E-state index in [1.807, 2.05) is 62.4 Å². The van der Waals surface area contributed by atoms with E-state index in [9.17, 15) is 4.79 Å². The van der Waals surface area contributed by atoms with Crippen LogP contribution in [0.3, 0.4) is 0 Å². The minimum absolute atomic E-state index is 0.272. The number of nitrogens with one attached hydrogen (secondary N) is 1. The minimum Gasteiger partial charge on any atom is -0.494 e. The maximum absolute atomic E-state index is 12.9. The second-order valence-electron chi connectivity index (χ2n) is 6.69. The average Bonchev–Trinajstić information content (AvgIpc) is 2.75. The zero-order valence-electron chi connectivity index (χ0n) is 17.6. The molecule has 6 nitrogen and oxygen atoms in total. The monoisotopic (exact) mass is 405 g/mol. The highest BCUT2D eigenvalue weighted by atomic mass is 16.5. The van der Waals surface area contributed by atoms with Crippen LogP contribution < -0.4 is 14.9 Å². The Balaban J connectivity index is 1.82. The Bertz CT molecular complexity index is 1050. The number of fused-ring (bicyclic) bond motifs is 1. The highest BCUT2D eigenvalue weighted by molar-refractivity contribution is 6.06. The molecule has 2 aromatic carbocycles. The molecule has 0 saturated carbocycles. The summed E-state index contributed by atoms with van der Waals surface area (Å²) in [7, 11) is 0. The van der Waals surface area contributed by atoms with Crippen LogP contribution >= 0.6 is 0 Å². The number of carbonyl (C=O) groups excluding carboxylic acids is 1. The number of hydrogen-bond donors (Lipinski definition) is 1. The van der Waals surface area contributed by atoms with Crippen molar-refractivity contribution < 1.29 is 14.3 Å². The fourth-order valence-corrected chi connectivity index (χ4v) is 3.18. The highest BCUT2D eigenvalue weighted by Crippen LogP contribution is 2.24. The fourth-order valence-electron chi connectivity index (χ4n) is 3.18. The summed E-state index contributed by atoms with van der Waals surface area (Å²) in [6.45, 7) is 7.03. The van der Waals surface area contributed by atoms with E-state index in [1.165, 1.54) is 0 Å². The number of hydrazone groups is 1. The van der Waals surface area contributed by atoms with Gasteiger partial charge >= 0.3 is 0 Å². The first kappa shape index (κ1) is 21.3. The third-order valence-electron chi connectivity index (χ3n) is 4.49. The van der Waals surface area contributed by atoms with Crippen LogP contribution in [0.25, 0.3) is 10.9 Å². The van der Waals surface area contributed by atoms with Gasteiger partial charge in [0.2, 0.25) is 0 Å². The number of amides is 1. The van der Waals surface area contributed by atoms with Crippen molar-refractivity contribution in [3.8, 4) is 11.5 Å². The predicted octanol–water partition coefficient (Wildman–Crippen LogP) is 4.75. The van der Waals surface area contributed by atoms with Gasteiger partial charge in [0.05, 0.1) is 30.5 Å². The maximum atomic E-state index is 12.9. The van der Waals surface area contributed by atoms with E-state index in [0.29, 0.717) is 24.5 Å². The average molecular weight is 405 g/mol. The molecule has 0 fully saturated rings. The summed E-state index contributed by atoms with van der Waals surface area (Å²) in [5.41, 5.74) is 5.66. The third-order valence-corrected chi connectivity index (χ3v) is 4.49. The summed E-state index contributed by atoms with van der Waals surface area (Å²) < 4.78 is 11.2. The Morgan fingerprint density at radius 3 is 2.63 bits per heavy atom. The van der Waals surface area contributed by atoms with Crippen molar-refractivity contribution in [2.45, 2.75) is 33.6 Å². The molecule has 0 aliphatic heterocycles. The van der Waals surface area contributed by atoms with E-state index in [1.54, 1.807) is 6.21 Å². The van der Waals surface area contributed by atoms with Crippen molar-refractivity contribution >= 4 is 23.0 Å². The molecule has 1 amide bonds. The Hall–Kier alpha value is -3.41. The van der Waals surface area contributed by atoms with Gasteiger partial charge in [0.15, 0.2) is 0 Å². The van der Waals surface area contributed by atoms with Gasteiger partial charge in [-0.05, 0) is 44.5 Å². The topological polar surface area (TPSA) is 72.8 Å². The molecule has 1 aromatic heterocycles. The van der Waals surface area contributed by atoms with E-state index in [0.717, 1.165) is 40.8 Å². The molecule has 0 unspecified atom stereocenters. The van der Waals surface area contributed by atoms with Gasteiger partial charge in [-0.1, -0.05) is 31.5 Å². The first-order chi connectivity index (χ1) is 14.7. The summed E-state index contributed by atoms with van der Waals surface area (Å²) in [6, 6.07) is 15.0. The zero-order valence-corrected chi connectivity index (χ0v) is 17.6. The first-order valence-corrected chi connectivity index (χ1v) is 10.3. The highest BCUT2D eigenvalue weighted by Gasteiger charge is 2.12. The van der Waals surface area contributed by atoms with Gasteiger partial charge < -0.3 is 9.47 Å². The van der Waals surface area contributed by atoms with Gasteiger partial charge in [0.25, 0.3) is 5.91 Å². The minimum atomic E-state index is -0.272. The Morgan fingerprint density at radius 2 is 1.87 bits per heavy atom. The van der Waals surface area contributed by atoms with E-state index in [2.05, 4.69) is 22.4 Å². The predicted molar refractivity (Wildman–Crippen MR) is 120 cm³/mol. The number of nitrogens with zero attached hydrogens (tertiary/aromatic N) is 2. The summed E-state index contributed by atoms with van der Waals surface area (Å²) >= 11 is 0. The molecule has 0 bridgehead atoms. The first-order valence-electron chi connectivity index (χ1n) is 10.3. The SMILES string of the molecule is CCCc1cc(C(=O)N/N=C\c2ccc(OCC)cc2OCC)c2ccccc2n1. The van der Waals surface area contributed by atoms with Gasteiger partial charge in [-0.2, -0.15) is 5.10 Å². The van der Waals surface area contributed by atoms with Crippen molar-refractivity contribution in [2.24, 2.45) is 5.10 Å². The zero-order chi connectivity index (χ0) is 21.3. The number of rotatable bonds is 9. The Morgan fingerprint density at radius 1 is 1.07 bits per heavy atom. The normalized spacial score (nSPS) is 11.0. The third kappa shape index (κ3) is 5.14. The lowest BCUT2D eigenvalue weighted by Crippen LogP contribution is -2.18. The van der Waals surface area contributed by atoms with Gasteiger partial charge in [-0.15, -0.1) is 0 Å². The van der Waals surface area contributed by atoms with Crippen LogP contribution in [0.4, 0.5) is 0 Å². The lowest BCUT2D eigenvalue weighted by Gasteiger charge is -2.10. The molecule has 1 N–H and O–H groups in total. The quantitative estimate of drug-likeness (QED) is 0.412. The van der Waals surface area contributed by atoms with E-state index in [4.69, 9.17) is 9.47 Å². The van der Waals surface area contributed by atoms with Crippen molar-refractivity contribution in [1.29, 1.82) is 0 Å². The number of aromatic nitrogens is 1. The molecular formula is C24H27N3O3. The summed E-state index contributed by atoms with van der Waals surface area (Å²) in [4.78, 5) is 17.5. The van der Waals surface area contributed by atoms with Crippen molar-refractivity contribution in [3.63, 3.8) is 0 Å². The van der Waals surface area contributed by atoms with Gasteiger partial charge in [0, 0.05) is 22.7 Å². The molecule has 6 heteroatoms. The number of benzene rings is 2. The van der Waals surface area contributed by atoms with Gasteiger partial charge in [-0.25, -0.2) is 5.43 Å². The van der Waals surface area contributed by atoms with Crippen molar-refractivity contribution in [2.75, 3.05) is 13.2 Å². The fraction of sp³-hybridized carbons (Fsp3) is 0.292.